The van der Waals surface area contributed by atoms with Crippen LogP contribution in [0.1, 0.15) is 23.0 Å². The lowest BCUT2D eigenvalue weighted by Crippen LogP contribution is -2.48. The van der Waals surface area contributed by atoms with E-state index >= 15 is 0 Å². The van der Waals surface area contributed by atoms with Gasteiger partial charge in [-0.15, -0.1) is 0 Å². The van der Waals surface area contributed by atoms with Gasteiger partial charge in [0.15, 0.2) is 0 Å². The van der Waals surface area contributed by atoms with Crippen molar-refractivity contribution in [2.24, 2.45) is 0 Å². The number of benzene rings is 1. The molecule has 2 aromatic heterocycles. The molecule has 0 aliphatic carbocycles. The van der Waals surface area contributed by atoms with Gasteiger partial charge < -0.3 is 14.3 Å². The lowest BCUT2D eigenvalue weighted by Gasteiger charge is -2.34. The number of carbonyl (C=O) groups is 1. The molecule has 26 heavy (non-hydrogen) atoms. The summed E-state index contributed by atoms with van der Waals surface area (Å²) in [6.07, 6.45) is 0. The van der Waals surface area contributed by atoms with Crippen LogP contribution in [0, 0.1) is 6.92 Å². The third-order valence-corrected chi connectivity index (χ3v) is 5.02. The highest BCUT2D eigenvalue weighted by molar-refractivity contribution is 6.07. The van der Waals surface area contributed by atoms with Gasteiger partial charge in [-0.1, -0.05) is 42.4 Å². The Morgan fingerprint density at radius 2 is 1.88 bits per heavy atom. The molecule has 0 unspecified atom stereocenters. The standard InChI is InChI=1S/C20H22N4O2/c1-3-23-9-11-24(12-10-23)20(25)16-13-17(15-7-5-4-6-8-15)21-19-18(16)14(2)22-26-19/h4-8,13H,3,9-12H2,1-2H3. The first-order valence-corrected chi connectivity index (χ1v) is 9.01. The van der Waals surface area contributed by atoms with Crippen LogP contribution in [0.15, 0.2) is 40.9 Å². The molecule has 6 heteroatoms. The van der Waals surface area contributed by atoms with Gasteiger partial charge in [0.25, 0.3) is 11.6 Å². The highest BCUT2D eigenvalue weighted by Crippen LogP contribution is 2.28. The molecule has 0 saturated carbocycles. The number of nitrogens with zero attached hydrogens (tertiary/aromatic N) is 4. The van der Waals surface area contributed by atoms with Crippen molar-refractivity contribution in [2.75, 3.05) is 32.7 Å². The van der Waals surface area contributed by atoms with E-state index < -0.39 is 0 Å². The molecule has 6 nitrogen and oxygen atoms in total. The van der Waals surface area contributed by atoms with Crippen LogP contribution in [0.5, 0.6) is 0 Å². The zero-order valence-corrected chi connectivity index (χ0v) is 15.1. The molecule has 4 rings (SSSR count). The van der Waals surface area contributed by atoms with Crippen LogP contribution in [0.4, 0.5) is 0 Å². The fourth-order valence-corrected chi connectivity index (χ4v) is 3.46. The molecule has 1 amide bonds. The van der Waals surface area contributed by atoms with Crippen molar-refractivity contribution in [3.8, 4) is 11.3 Å². The summed E-state index contributed by atoms with van der Waals surface area (Å²) in [6.45, 7) is 8.31. The first kappa shape index (κ1) is 16.7. The second-order valence-corrected chi connectivity index (χ2v) is 6.60. The molecule has 3 aromatic rings. The Kier molecular flexibility index (Phi) is 4.42. The van der Waals surface area contributed by atoms with Crippen LogP contribution in [-0.4, -0.2) is 58.6 Å². The molecular weight excluding hydrogens is 328 g/mol. The number of carbonyl (C=O) groups excluding carboxylic acids is 1. The van der Waals surface area contributed by atoms with E-state index in [0.29, 0.717) is 22.4 Å². The van der Waals surface area contributed by atoms with Crippen LogP contribution in [0.25, 0.3) is 22.4 Å². The maximum Gasteiger partial charge on any atom is 0.259 e. The maximum absolute atomic E-state index is 13.3. The Labute approximate surface area is 152 Å². The molecule has 0 atom stereocenters. The fraction of sp³-hybridized carbons (Fsp3) is 0.350. The van der Waals surface area contributed by atoms with Crippen molar-refractivity contribution in [1.82, 2.24) is 19.9 Å². The van der Waals surface area contributed by atoms with E-state index in [4.69, 9.17) is 4.52 Å². The van der Waals surface area contributed by atoms with E-state index in [0.717, 1.165) is 44.0 Å². The number of rotatable bonds is 3. The Morgan fingerprint density at radius 1 is 1.15 bits per heavy atom. The fourth-order valence-electron chi connectivity index (χ4n) is 3.46. The van der Waals surface area contributed by atoms with Gasteiger partial charge in [0.2, 0.25) is 0 Å². The van der Waals surface area contributed by atoms with Gasteiger partial charge in [0, 0.05) is 31.7 Å². The predicted octanol–water partition coefficient (Wildman–Crippen LogP) is 2.98. The van der Waals surface area contributed by atoms with Crippen LogP contribution >= 0.6 is 0 Å². The summed E-state index contributed by atoms with van der Waals surface area (Å²) in [4.78, 5) is 22.1. The quantitative estimate of drug-likeness (QED) is 0.727. The van der Waals surface area contributed by atoms with E-state index in [1.54, 1.807) is 0 Å². The van der Waals surface area contributed by atoms with E-state index in [2.05, 4.69) is 22.0 Å². The molecule has 0 radical (unpaired) electrons. The van der Waals surface area contributed by atoms with Gasteiger partial charge in [0.1, 0.15) is 0 Å². The Hall–Kier alpha value is -2.73. The Bertz CT molecular complexity index is 928. The summed E-state index contributed by atoms with van der Waals surface area (Å²) in [7, 11) is 0. The molecule has 0 bridgehead atoms. The van der Waals surface area contributed by atoms with E-state index in [9.17, 15) is 4.79 Å². The third-order valence-electron chi connectivity index (χ3n) is 5.02. The molecular formula is C20H22N4O2. The number of hydrogen-bond donors (Lipinski definition) is 0. The summed E-state index contributed by atoms with van der Waals surface area (Å²) >= 11 is 0. The van der Waals surface area contributed by atoms with Gasteiger partial charge in [-0.05, 0) is 19.5 Å². The van der Waals surface area contributed by atoms with Crippen LogP contribution in [-0.2, 0) is 0 Å². The molecule has 3 heterocycles. The summed E-state index contributed by atoms with van der Waals surface area (Å²) in [5.74, 6) is 0.0247. The number of aryl methyl sites for hydroxylation is 1. The number of fused-ring (bicyclic) bond motifs is 1. The normalized spacial score (nSPS) is 15.5. The third kappa shape index (κ3) is 2.97. The van der Waals surface area contributed by atoms with E-state index in [1.807, 2.05) is 48.2 Å². The first-order valence-electron chi connectivity index (χ1n) is 9.01. The number of piperazine rings is 1. The molecule has 1 fully saturated rings. The SMILES string of the molecule is CCN1CCN(C(=O)c2cc(-c3ccccc3)nc3onc(C)c23)CC1. The summed E-state index contributed by atoms with van der Waals surface area (Å²) in [6, 6.07) is 11.7. The number of aromatic nitrogens is 2. The zero-order chi connectivity index (χ0) is 18.1. The second kappa shape index (κ2) is 6.88. The summed E-state index contributed by atoms with van der Waals surface area (Å²) in [5, 5.41) is 4.74. The summed E-state index contributed by atoms with van der Waals surface area (Å²) in [5.41, 5.74) is 3.41. The minimum absolute atomic E-state index is 0.0247. The van der Waals surface area contributed by atoms with Crippen molar-refractivity contribution >= 4 is 17.0 Å². The Balaban J connectivity index is 1.75. The number of likely N-dealkylation sites (N-methyl/N-ethyl adjacent to an activating group) is 1. The van der Waals surface area contributed by atoms with Crippen LogP contribution < -0.4 is 0 Å². The highest BCUT2D eigenvalue weighted by atomic mass is 16.5. The molecule has 0 spiro atoms. The van der Waals surface area contributed by atoms with Crippen molar-refractivity contribution < 1.29 is 9.32 Å². The number of pyridine rings is 1. The summed E-state index contributed by atoms with van der Waals surface area (Å²) < 4.78 is 5.38. The van der Waals surface area contributed by atoms with Gasteiger partial charge in [-0.2, -0.15) is 0 Å². The molecule has 1 saturated heterocycles. The van der Waals surface area contributed by atoms with Crippen molar-refractivity contribution in [3.05, 3.63) is 47.7 Å². The monoisotopic (exact) mass is 350 g/mol. The number of hydrogen-bond acceptors (Lipinski definition) is 5. The molecule has 0 N–H and O–H groups in total. The molecule has 134 valence electrons. The largest absolute Gasteiger partial charge is 0.336 e. The van der Waals surface area contributed by atoms with E-state index in [1.165, 1.54) is 0 Å². The minimum Gasteiger partial charge on any atom is -0.336 e. The van der Waals surface area contributed by atoms with Crippen molar-refractivity contribution in [1.29, 1.82) is 0 Å². The average Bonchev–Trinajstić information content (AvgIpc) is 3.08. The van der Waals surface area contributed by atoms with Crippen LogP contribution in [0.2, 0.25) is 0 Å². The highest BCUT2D eigenvalue weighted by Gasteiger charge is 2.26. The maximum atomic E-state index is 13.3. The molecule has 1 aliphatic heterocycles. The van der Waals surface area contributed by atoms with Crippen molar-refractivity contribution in [3.63, 3.8) is 0 Å². The minimum atomic E-state index is 0.0247. The Morgan fingerprint density at radius 3 is 2.58 bits per heavy atom. The topological polar surface area (TPSA) is 62.5 Å². The molecule has 1 aliphatic rings. The van der Waals surface area contributed by atoms with Gasteiger partial charge in [-0.25, -0.2) is 4.98 Å². The zero-order valence-electron chi connectivity index (χ0n) is 15.1. The average molecular weight is 350 g/mol. The van der Waals surface area contributed by atoms with E-state index in [-0.39, 0.29) is 5.91 Å². The lowest BCUT2D eigenvalue weighted by atomic mass is 10.0. The molecule has 1 aromatic carbocycles. The van der Waals surface area contributed by atoms with Gasteiger partial charge in [-0.3, -0.25) is 4.79 Å². The lowest BCUT2D eigenvalue weighted by molar-refractivity contribution is 0.0645. The smallest absolute Gasteiger partial charge is 0.259 e. The first-order chi connectivity index (χ1) is 12.7. The second-order valence-electron chi connectivity index (χ2n) is 6.60. The number of amides is 1. The van der Waals surface area contributed by atoms with Crippen molar-refractivity contribution in [2.45, 2.75) is 13.8 Å². The van der Waals surface area contributed by atoms with Gasteiger partial charge >= 0.3 is 0 Å². The predicted molar refractivity (Wildman–Crippen MR) is 100.0 cm³/mol. The van der Waals surface area contributed by atoms with Crippen LogP contribution in [0.3, 0.4) is 0 Å². The van der Waals surface area contributed by atoms with Gasteiger partial charge in [0.05, 0.1) is 22.3 Å².